The quantitative estimate of drug-likeness (QED) is 0.799. The van der Waals surface area contributed by atoms with Gasteiger partial charge in [0.25, 0.3) is 0 Å². The summed E-state index contributed by atoms with van der Waals surface area (Å²) in [6, 6.07) is 6.14. The third-order valence-corrected chi connectivity index (χ3v) is 3.05. The lowest BCUT2D eigenvalue weighted by Gasteiger charge is -2.08. The van der Waals surface area contributed by atoms with Crippen molar-refractivity contribution in [2.45, 2.75) is 12.5 Å². The van der Waals surface area contributed by atoms with E-state index in [-0.39, 0.29) is 6.04 Å². The first-order valence-corrected chi connectivity index (χ1v) is 5.74. The van der Waals surface area contributed by atoms with Gasteiger partial charge in [-0.1, -0.05) is 15.9 Å². The molecule has 80 valence electrons. The van der Waals surface area contributed by atoms with Gasteiger partial charge >= 0.3 is 0 Å². The molecule has 0 saturated carbocycles. The van der Waals surface area contributed by atoms with Crippen LogP contribution in [0, 0.1) is 0 Å². The maximum Gasteiger partial charge on any atom is 0.0458 e. The summed E-state index contributed by atoms with van der Waals surface area (Å²) in [5.41, 5.74) is 13.8. The van der Waals surface area contributed by atoms with Crippen molar-refractivity contribution in [3.05, 3.63) is 34.4 Å². The largest absolute Gasteiger partial charge is 0.361 e. The molecule has 0 saturated heterocycles. The molecule has 3 nitrogen and oxygen atoms in total. The number of halogens is 1. The molecule has 0 aliphatic heterocycles. The van der Waals surface area contributed by atoms with Gasteiger partial charge in [0.05, 0.1) is 0 Å². The number of hydrogen-bond acceptors (Lipinski definition) is 2. The van der Waals surface area contributed by atoms with Gasteiger partial charge in [-0.2, -0.15) is 0 Å². The van der Waals surface area contributed by atoms with Gasteiger partial charge in [0.1, 0.15) is 0 Å². The van der Waals surface area contributed by atoms with Crippen molar-refractivity contribution < 1.29 is 0 Å². The van der Waals surface area contributed by atoms with Crippen LogP contribution in [0.25, 0.3) is 10.9 Å². The lowest BCUT2D eigenvalue weighted by atomic mass is 10.0. The summed E-state index contributed by atoms with van der Waals surface area (Å²) in [4.78, 5) is 3.21. The van der Waals surface area contributed by atoms with Crippen molar-refractivity contribution in [2.75, 3.05) is 6.54 Å². The van der Waals surface area contributed by atoms with E-state index in [2.05, 4.69) is 27.0 Å². The van der Waals surface area contributed by atoms with Crippen molar-refractivity contribution >= 4 is 26.8 Å². The van der Waals surface area contributed by atoms with Crippen molar-refractivity contribution in [3.8, 4) is 0 Å². The smallest absolute Gasteiger partial charge is 0.0458 e. The Morgan fingerprint density at radius 1 is 1.40 bits per heavy atom. The van der Waals surface area contributed by atoms with E-state index in [1.807, 2.05) is 18.3 Å². The molecule has 0 fully saturated rings. The van der Waals surface area contributed by atoms with Crippen molar-refractivity contribution in [2.24, 2.45) is 11.5 Å². The monoisotopic (exact) mass is 267 g/mol. The maximum absolute atomic E-state index is 6.05. The van der Waals surface area contributed by atoms with E-state index in [9.17, 15) is 0 Å². The summed E-state index contributed by atoms with van der Waals surface area (Å²) in [5, 5.41) is 1.17. The SMILES string of the molecule is NCC[C@@H](N)c1c[nH]c2ccc(Br)cc12. The fourth-order valence-electron chi connectivity index (χ4n) is 1.76. The fraction of sp³-hybridized carbons (Fsp3) is 0.273. The molecular weight excluding hydrogens is 254 g/mol. The number of aromatic nitrogens is 1. The number of benzene rings is 1. The summed E-state index contributed by atoms with van der Waals surface area (Å²) in [5.74, 6) is 0. The van der Waals surface area contributed by atoms with Crippen LogP contribution in [-0.4, -0.2) is 11.5 Å². The van der Waals surface area contributed by atoms with Crippen molar-refractivity contribution in [1.82, 2.24) is 4.98 Å². The topological polar surface area (TPSA) is 67.8 Å². The van der Waals surface area contributed by atoms with E-state index in [4.69, 9.17) is 11.5 Å². The van der Waals surface area contributed by atoms with Gasteiger partial charge in [0.2, 0.25) is 0 Å². The third kappa shape index (κ3) is 2.07. The predicted octanol–water partition coefficient (Wildman–Crippen LogP) is 2.28. The van der Waals surface area contributed by atoms with Gasteiger partial charge in [-0.25, -0.2) is 0 Å². The van der Waals surface area contributed by atoms with Crippen molar-refractivity contribution in [3.63, 3.8) is 0 Å². The number of fused-ring (bicyclic) bond motifs is 1. The Labute approximate surface area is 97.0 Å². The van der Waals surface area contributed by atoms with E-state index in [1.165, 1.54) is 5.39 Å². The first-order valence-electron chi connectivity index (χ1n) is 4.94. The van der Waals surface area contributed by atoms with Gasteiger partial charge in [-0.15, -0.1) is 0 Å². The zero-order valence-corrected chi connectivity index (χ0v) is 9.92. The molecule has 15 heavy (non-hydrogen) atoms. The second kappa shape index (κ2) is 4.35. The minimum Gasteiger partial charge on any atom is -0.361 e. The van der Waals surface area contributed by atoms with Gasteiger partial charge in [0, 0.05) is 27.6 Å². The number of nitrogens with two attached hydrogens (primary N) is 2. The summed E-state index contributed by atoms with van der Waals surface area (Å²) in [7, 11) is 0. The van der Waals surface area contributed by atoms with Crippen LogP contribution in [0.1, 0.15) is 18.0 Å². The van der Waals surface area contributed by atoms with Crippen LogP contribution >= 0.6 is 15.9 Å². The third-order valence-electron chi connectivity index (χ3n) is 2.55. The van der Waals surface area contributed by atoms with E-state index in [0.717, 1.165) is 22.0 Å². The molecule has 0 unspecified atom stereocenters. The molecule has 0 aliphatic rings. The zero-order valence-electron chi connectivity index (χ0n) is 8.33. The number of aromatic amines is 1. The van der Waals surface area contributed by atoms with E-state index in [1.54, 1.807) is 0 Å². The molecule has 2 rings (SSSR count). The Balaban J connectivity index is 2.47. The van der Waals surface area contributed by atoms with Crippen LogP contribution in [0.2, 0.25) is 0 Å². The van der Waals surface area contributed by atoms with Gasteiger partial charge in [0.15, 0.2) is 0 Å². The number of hydrogen-bond donors (Lipinski definition) is 3. The molecule has 1 atom stereocenters. The van der Waals surface area contributed by atoms with Crippen LogP contribution in [0.5, 0.6) is 0 Å². The summed E-state index contributed by atoms with van der Waals surface area (Å²) >= 11 is 3.46. The first-order chi connectivity index (χ1) is 7.22. The lowest BCUT2D eigenvalue weighted by molar-refractivity contribution is 0.666. The fourth-order valence-corrected chi connectivity index (χ4v) is 2.12. The molecule has 0 spiro atoms. The lowest BCUT2D eigenvalue weighted by Crippen LogP contribution is -2.14. The molecule has 1 heterocycles. The Hall–Kier alpha value is -0.840. The second-order valence-electron chi connectivity index (χ2n) is 3.62. The van der Waals surface area contributed by atoms with Crippen LogP contribution in [-0.2, 0) is 0 Å². The summed E-state index contributed by atoms with van der Waals surface area (Å²) < 4.78 is 1.07. The Morgan fingerprint density at radius 2 is 2.20 bits per heavy atom. The molecule has 0 aliphatic carbocycles. The highest BCUT2D eigenvalue weighted by molar-refractivity contribution is 9.10. The summed E-state index contributed by atoms with van der Waals surface area (Å²) in [6.45, 7) is 0.613. The molecule has 0 bridgehead atoms. The maximum atomic E-state index is 6.05. The molecule has 4 heteroatoms. The number of rotatable bonds is 3. The van der Waals surface area contributed by atoms with Gasteiger partial charge in [-0.3, -0.25) is 0 Å². The molecular formula is C11H14BrN3. The van der Waals surface area contributed by atoms with Crippen LogP contribution < -0.4 is 11.5 Å². The zero-order chi connectivity index (χ0) is 10.8. The molecule has 0 amide bonds. The van der Waals surface area contributed by atoms with Crippen LogP contribution in [0.3, 0.4) is 0 Å². The van der Waals surface area contributed by atoms with Gasteiger partial charge in [-0.05, 0) is 36.7 Å². The number of nitrogens with one attached hydrogen (secondary N) is 1. The molecule has 2 aromatic rings. The van der Waals surface area contributed by atoms with Gasteiger partial charge < -0.3 is 16.5 Å². The van der Waals surface area contributed by atoms with Crippen LogP contribution in [0.4, 0.5) is 0 Å². The van der Waals surface area contributed by atoms with Crippen molar-refractivity contribution in [1.29, 1.82) is 0 Å². The highest BCUT2D eigenvalue weighted by atomic mass is 79.9. The minimum absolute atomic E-state index is 0.0121. The first kappa shape index (κ1) is 10.7. The van der Waals surface area contributed by atoms with E-state index < -0.39 is 0 Å². The normalized spacial score (nSPS) is 13.3. The molecule has 1 aromatic heterocycles. The predicted molar refractivity (Wildman–Crippen MR) is 66.6 cm³/mol. The molecule has 5 N–H and O–H groups in total. The standard InChI is InChI=1S/C11H14BrN3/c12-7-1-2-11-8(5-7)9(6-15-11)10(14)3-4-13/h1-2,5-6,10,15H,3-4,13-14H2/t10-/m1/s1. The Morgan fingerprint density at radius 3 is 2.93 bits per heavy atom. The average molecular weight is 268 g/mol. The summed E-state index contributed by atoms with van der Waals surface area (Å²) in [6.07, 6.45) is 2.77. The Kier molecular flexibility index (Phi) is 3.09. The average Bonchev–Trinajstić information content (AvgIpc) is 2.60. The minimum atomic E-state index is 0.0121. The highest BCUT2D eigenvalue weighted by Crippen LogP contribution is 2.27. The molecule has 0 radical (unpaired) electrons. The Bertz CT molecular complexity index is 464. The second-order valence-corrected chi connectivity index (χ2v) is 4.53. The number of H-pyrrole nitrogens is 1. The van der Waals surface area contributed by atoms with E-state index in [0.29, 0.717) is 6.54 Å². The van der Waals surface area contributed by atoms with Crippen LogP contribution in [0.15, 0.2) is 28.9 Å². The van der Waals surface area contributed by atoms with E-state index >= 15 is 0 Å². The molecule has 1 aromatic carbocycles. The highest BCUT2D eigenvalue weighted by Gasteiger charge is 2.10.